The molecule has 3 unspecified atom stereocenters. The summed E-state index contributed by atoms with van der Waals surface area (Å²) >= 11 is 0. The molecule has 0 aliphatic carbocycles. The maximum Gasteiger partial charge on any atom is 0.0802 e. The zero-order valence-electron chi connectivity index (χ0n) is 9.30. The van der Waals surface area contributed by atoms with Crippen LogP contribution in [-0.2, 0) is 0 Å². The van der Waals surface area contributed by atoms with Crippen molar-refractivity contribution >= 4 is 0 Å². The smallest absolute Gasteiger partial charge is 0.0802 e. The van der Waals surface area contributed by atoms with Crippen molar-refractivity contribution < 1.29 is 10.2 Å². The number of aliphatic hydroxyl groups is 2. The summed E-state index contributed by atoms with van der Waals surface area (Å²) in [6.45, 7) is 3.67. The maximum absolute atomic E-state index is 9.61. The molecule has 0 bridgehead atoms. The molecular weight excluding hydrogens is 190 g/mol. The summed E-state index contributed by atoms with van der Waals surface area (Å²) < 4.78 is 0. The highest BCUT2D eigenvalue weighted by Gasteiger charge is 2.18. The van der Waals surface area contributed by atoms with Crippen molar-refractivity contribution in [3.8, 4) is 0 Å². The summed E-state index contributed by atoms with van der Waals surface area (Å²) in [6, 6.07) is 5.78. The SMILES string of the molecule is CCC(CC(O)C(C)O)c1ccccn1. The van der Waals surface area contributed by atoms with E-state index in [2.05, 4.69) is 11.9 Å². The molecular formula is C12H19NO2. The van der Waals surface area contributed by atoms with Gasteiger partial charge >= 0.3 is 0 Å². The van der Waals surface area contributed by atoms with Gasteiger partial charge in [-0.2, -0.15) is 0 Å². The minimum Gasteiger partial charge on any atom is -0.391 e. The maximum atomic E-state index is 9.61. The minimum absolute atomic E-state index is 0.218. The number of aromatic nitrogens is 1. The Hall–Kier alpha value is -0.930. The first-order chi connectivity index (χ1) is 7.15. The van der Waals surface area contributed by atoms with E-state index in [1.54, 1.807) is 13.1 Å². The van der Waals surface area contributed by atoms with Gasteiger partial charge in [-0.05, 0) is 31.9 Å². The molecule has 1 aromatic rings. The fraction of sp³-hybridized carbons (Fsp3) is 0.583. The third-order valence-corrected chi connectivity index (χ3v) is 2.68. The summed E-state index contributed by atoms with van der Waals surface area (Å²) in [6.07, 6.45) is 1.89. The van der Waals surface area contributed by atoms with Gasteiger partial charge in [0.05, 0.1) is 12.2 Å². The molecule has 3 heteroatoms. The van der Waals surface area contributed by atoms with Crippen molar-refractivity contribution in [3.05, 3.63) is 30.1 Å². The molecule has 0 fully saturated rings. The van der Waals surface area contributed by atoms with Crippen LogP contribution in [0.4, 0.5) is 0 Å². The van der Waals surface area contributed by atoms with Gasteiger partial charge in [-0.15, -0.1) is 0 Å². The fourth-order valence-corrected chi connectivity index (χ4v) is 1.60. The van der Waals surface area contributed by atoms with Crippen molar-refractivity contribution in [3.63, 3.8) is 0 Å². The lowest BCUT2D eigenvalue weighted by Crippen LogP contribution is -2.24. The molecule has 0 aliphatic rings. The number of hydrogen-bond donors (Lipinski definition) is 2. The van der Waals surface area contributed by atoms with Crippen LogP contribution in [0.5, 0.6) is 0 Å². The molecule has 0 aromatic carbocycles. The van der Waals surface area contributed by atoms with Crippen LogP contribution in [0, 0.1) is 0 Å². The second-order valence-corrected chi connectivity index (χ2v) is 3.90. The largest absolute Gasteiger partial charge is 0.391 e. The third-order valence-electron chi connectivity index (χ3n) is 2.68. The minimum atomic E-state index is -0.678. The number of nitrogens with zero attached hydrogens (tertiary/aromatic N) is 1. The Morgan fingerprint density at radius 1 is 1.33 bits per heavy atom. The topological polar surface area (TPSA) is 53.4 Å². The first-order valence-corrected chi connectivity index (χ1v) is 5.42. The quantitative estimate of drug-likeness (QED) is 0.776. The fourth-order valence-electron chi connectivity index (χ4n) is 1.60. The zero-order valence-corrected chi connectivity index (χ0v) is 9.30. The highest BCUT2D eigenvalue weighted by Crippen LogP contribution is 2.23. The molecule has 1 rings (SSSR count). The lowest BCUT2D eigenvalue weighted by atomic mass is 9.93. The van der Waals surface area contributed by atoms with E-state index in [1.165, 1.54) is 0 Å². The zero-order chi connectivity index (χ0) is 11.3. The molecule has 1 aromatic heterocycles. The molecule has 1 heterocycles. The molecule has 84 valence electrons. The van der Waals surface area contributed by atoms with Crippen LogP contribution >= 0.6 is 0 Å². The van der Waals surface area contributed by atoms with Crippen molar-refractivity contribution in [2.24, 2.45) is 0 Å². The van der Waals surface area contributed by atoms with Gasteiger partial charge in [0.15, 0.2) is 0 Å². The number of rotatable bonds is 5. The van der Waals surface area contributed by atoms with E-state index in [0.29, 0.717) is 6.42 Å². The van der Waals surface area contributed by atoms with E-state index in [9.17, 15) is 10.2 Å². The van der Waals surface area contributed by atoms with Gasteiger partial charge in [-0.1, -0.05) is 13.0 Å². The Bertz CT molecular complexity index is 274. The van der Waals surface area contributed by atoms with Crippen LogP contribution in [0.3, 0.4) is 0 Å². The molecule has 3 nitrogen and oxygen atoms in total. The van der Waals surface area contributed by atoms with Crippen LogP contribution in [0.25, 0.3) is 0 Å². The normalized spacial score (nSPS) is 17.1. The van der Waals surface area contributed by atoms with Gasteiger partial charge in [0, 0.05) is 17.8 Å². The first kappa shape index (κ1) is 12.1. The molecule has 0 saturated heterocycles. The second-order valence-electron chi connectivity index (χ2n) is 3.90. The van der Waals surface area contributed by atoms with Crippen molar-refractivity contribution in [2.45, 2.75) is 44.8 Å². The molecule has 0 amide bonds. The molecule has 3 atom stereocenters. The number of pyridine rings is 1. The average Bonchev–Trinajstić information content (AvgIpc) is 2.26. The Balaban J connectivity index is 2.65. The predicted octanol–water partition coefficient (Wildman–Crippen LogP) is 1.71. The predicted molar refractivity (Wildman–Crippen MR) is 59.6 cm³/mol. The Labute approximate surface area is 90.8 Å². The Morgan fingerprint density at radius 2 is 2.07 bits per heavy atom. The molecule has 0 saturated carbocycles. The highest BCUT2D eigenvalue weighted by molar-refractivity contribution is 5.09. The molecule has 0 spiro atoms. The van der Waals surface area contributed by atoms with Gasteiger partial charge < -0.3 is 10.2 Å². The van der Waals surface area contributed by atoms with Gasteiger partial charge in [-0.25, -0.2) is 0 Å². The van der Waals surface area contributed by atoms with Gasteiger partial charge in [-0.3, -0.25) is 4.98 Å². The average molecular weight is 209 g/mol. The van der Waals surface area contributed by atoms with Crippen LogP contribution in [0.15, 0.2) is 24.4 Å². The first-order valence-electron chi connectivity index (χ1n) is 5.42. The van der Waals surface area contributed by atoms with Crippen LogP contribution in [-0.4, -0.2) is 27.4 Å². The molecule has 2 N–H and O–H groups in total. The van der Waals surface area contributed by atoms with Crippen LogP contribution in [0.2, 0.25) is 0 Å². The Morgan fingerprint density at radius 3 is 2.53 bits per heavy atom. The summed E-state index contributed by atoms with van der Waals surface area (Å²) in [5, 5.41) is 18.9. The lowest BCUT2D eigenvalue weighted by Gasteiger charge is -2.20. The number of aliphatic hydroxyl groups excluding tert-OH is 2. The lowest BCUT2D eigenvalue weighted by molar-refractivity contribution is 0.0213. The van der Waals surface area contributed by atoms with E-state index >= 15 is 0 Å². The standard InChI is InChI=1S/C12H19NO2/c1-3-10(8-12(15)9(2)14)11-6-4-5-7-13-11/h4-7,9-10,12,14-15H,3,8H2,1-2H3. The monoisotopic (exact) mass is 209 g/mol. The number of hydrogen-bond acceptors (Lipinski definition) is 3. The van der Waals surface area contributed by atoms with Gasteiger partial charge in [0.2, 0.25) is 0 Å². The highest BCUT2D eigenvalue weighted by atomic mass is 16.3. The van der Waals surface area contributed by atoms with Crippen molar-refractivity contribution in [2.75, 3.05) is 0 Å². The van der Waals surface area contributed by atoms with Gasteiger partial charge in [0.25, 0.3) is 0 Å². The summed E-state index contributed by atoms with van der Waals surface area (Å²) in [5.41, 5.74) is 0.986. The molecule has 0 radical (unpaired) electrons. The van der Waals surface area contributed by atoms with Crippen molar-refractivity contribution in [1.82, 2.24) is 4.98 Å². The van der Waals surface area contributed by atoms with Gasteiger partial charge in [0.1, 0.15) is 0 Å². The van der Waals surface area contributed by atoms with E-state index in [0.717, 1.165) is 12.1 Å². The van der Waals surface area contributed by atoms with E-state index in [1.807, 2.05) is 18.2 Å². The summed E-state index contributed by atoms with van der Waals surface area (Å²) in [7, 11) is 0. The van der Waals surface area contributed by atoms with E-state index < -0.39 is 12.2 Å². The van der Waals surface area contributed by atoms with E-state index in [4.69, 9.17) is 0 Å². The van der Waals surface area contributed by atoms with Crippen LogP contribution in [0.1, 0.15) is 38.3 Å². The van der Waals surface area contributed by atoms with Crippen LogP contribution < -0.4 is 0 Å². The molecule has 0 aliphatic heterocycles. The summed E-state index contributed by atoms with van der Waals surface area (Å²) in [4.78, 5) is 4.27. The van der Waals surface area contributed by atoms with Crippen molar-refractivity contribution in [1.29, 1.82) is 0 Å². The second kappa shape index (κ2) is 5.83. The summed E-state index contributed by atoms with van der Waals surface area (Å²) in [5.74, 6) is 0.218. The van der Waals surface area contributed by atoms with E-state index in [-0.39, 0.29) is 5.92 Å². The Kier molecular flexibility index (Phi) is 4.72. The molecule has 15 heavy (non-hydrogen) atoms. The third kappa shape index (κ3) is 3.61.